The van der Waals surface area contributed by atoms with E-state index in [2.05, 4.69) is 0 Å². The summed E-state index contributed by atoms with van der Waals surface area (Å²) in [7, 11) is 3.16. The number of nitrogens with two attached hydrogens (primary N) is 1. The smallest absolute Gasteiger partial charge is 0.259 e. The lowest BCUT2D eigenvalue weighted by Gasteiger charge is -2.19. The van der Waals surface area contributed by atoms with E-state index < -0.39 is 0 Å². The summed E-state index contributed by atoms with van der Waals surface area (Å²) < 4.78 is 10.6. The van der Waals surface area contributed by atoms with Crippen molar-refractivity contribution in [3.05, 3.63) is 47.5 Å². The Morgan fingerprint density at radius 3 is 2.62 bits per heavy atom. The summed E-state index contributed by atoms with van der Waals surface area (Å²) in [5.74, 6) is 1.21. The average Bonchev–Trinajstić information content (AvgIpc) is 2.85. The van der Waals surface area contributed by atoms with Crippen molar-refractivity contribution >= 4 is 17.3 Å². The van der Waals surface area contributed by atoms with Crippen LogP contribution in [0.4, 0.5) is 11.4 Å². The highest BCUT2D eigenvalue weighted by molar-refractivity contribution is 6.11. The molecule has 0 spiro atoms. The third-order valence-corrected chi connectivity index (χ3v) is 3.68. The predicted octanol–water partition coefficient (Wildman–Crippen LogP) is 2.45. The summed E-state index contributed by atoms with van der Waals surface area (Å²) >= 11 is 0. The summed E-state index contributed by atoms with van der Waals surface area (Å²) in [6.07, 6.45) is 0. The molecule has 1 amide bonds. The topological polar surface area (TPSA) is 64.8 Å². The van der Waals surface area contributed by atoms with Crippen LogP contribution in [-0.4, -0.2) is 20.1 Å². The molecule has 0 aromatic heterocycles. The first-order valence-electron chi connectivity index (χ1n) is 6.57. The summed E-state index contributed by atoms with van der Waals surface area (Å²) in [6, 6.07) is 10.8. The van der Waals surface area contributed by atoms with Crippen molar-refractivity contribution in [1.82, 2.24) is 0 Å². The predicted molar refractivity (Wildman–Crippen MR) is 80.9 cm³/mol. The van der Waals surface area contributed by atoms with E-state index in [1.54, 1.807) is 55.5 Å². The number of nitrogen functional groups attached to an aromatic ring is 1. The molecule has 108 valence electrons. The van der Waals surface area contributed by atoms with Gasteiger partial charge in [0.1, 0.15) is 11.5 Å². The maximum Gasteiger partial charge on any atom is 0.259 e. The molecule has 1 heterocycles. The standard InChI is InChI=1S/C16H16N2O3/c1-20-10-6-7-15(21-2)14(8-10)18-9-12-11(16(18)19)4-3-5-13(12)17/h3-8H,9,17H2,1-2H3. The number of benzene rings is 2. The number of rotatable bonds is 3. The van der Waals surface area contributed by atoms with E-state index in [-0.39, 0.29) is 5.91 Å². The zero-order valence-corrected chi connectivity index (χ0v) is 11.9. The van der Waals surface area contributed by atoms with Crippen LogP contribution in [0.5, 0.6) is 11.5 Å². The third kappa shape index (κ3) is 2.07. The van der Waals surface area contributed by atoms with Crippen LogP contribution in [0.25, 0.3) is 0 Å². The fourth-order valence-electron chi connectivity index (χ4n) is 2.56. The second-order valence-corrected chi connectivity index (χ2v) is 4.80. The Labute approximate surface area is 122 Å². The van der Waals surface area contributed by atoms with Crippen molar-refractivity contribution in [3.63, 3.8) is 0 Å². The number of hydrogen-bond donors (Lipinski definition) is 1. The highest BCUT2D eigenvalue weighted by Crippen LogP contribution is 2.38. The molecule has 2 aromatic rings. The second-order valence-electron chi connectivity index (χ2n) is 4.80. The lowest BCUT2D eigenvalue weighted by atomic mass is 10.1. The van der Waals surface area contributed by atoms with Crippen molar-refractivity contribution in [2.24, 2.45) is 0 Å². The highest BCUT2D eigenvalue weighted by atomic mass is 16.5. The molecule has 0 atom stereocenters. The van der Waals surface area contributed by atoms with Crippen LogP contribution in [0.15, 0.2) is 36.4 Å². The molecule has 3 rings (SSSR count). The number of methoxy groups -OCH3 is 2. The van der Waals surface area contributed by atoms with E-state index in [1.807, 2.05) is 0 Å². The van der Waals surface area contributed by atoms with E-state index >= 15 is 0 Å². The lowest BCUT2D eigenvalue weighted by molar-refractivity contribution is 0.0996. The minimum absolute atomic E-state index is 0.0798. The van der Waals surface area contributed by atoms with Gasteiger partial charge in [-0.15, -0.1) is 0 Å². The highest BCUT2D eigenvalue weighted by Gasteiger charge is 2.31. The average molecular weight is 284 g/mol. The maximum atomic E-state index is 12.6. The molecule has 0 saturated carbocycles. The second kappa shape index (κ2) is 5.01. The fourth-order valence-corrected chi connectivity index (χ4v) is 2.56. The first-order chi connectivity index (χ1) is 10.2. The van der Waals surface area contributed by atoms with E-state index in [9.17, 15) is 4.79 Å². The Morgan fingerprint density at radius 2 is 1.95 bits per heavy atom. The fraction of sp³-hybridized carbons (Fsp3) is 0.188. The lowest BCUT2D eigenvalue weighted by Crippen LogP contribution is -2.23. The van der Waals surface area contributed by atoms with Crippen LogP contribution in [-0.2, 0) is 6.54 Å². The molecule has 2 aromatic carbocycles. The van der Waals surface area contributed by atoms with Gasteiger partial charge in [0.15, 0.2) is 0 Å². The number of anilines is 2. The molecular weight excluding hydrogens is 268 g/mol. The van der Waals surface area contributed by atoms with Gasteiger partial charge in [-0.1, -0.05) is 6.07 Å². The number of fused-ring (bicyclic) bond motifs is 1. The molecule has 1 aliphatic rings. The Morgan fingerprint density at radius 1 is 1.14 bits per heavy atom. The number of amides is 1. The maximum absolute atomic E-state index is 12.6. The number of carbonyl (C=O) groups is 1. The molecule has 0 saturated heterocycles. The number of ether oxygens (including phenoxy) is 2. The van der Waals surface area contributed by atoms with Crippen LogP contribution in [0.2, 0.25) is 0 Å². The van der Waals surface area contributed by atoms with Gasteiger partial charge in [0, 0.05) is 22.9 Å². The van der Waals surface area contributed by atoms with E-state index in [1.165, 1.54) is 0 Å². The van der Waals surface area contributed by atoms with Crippen LogP contribution >= 0.6 is 0 Å². The van der Waals surface area contributed by atoms with Gasteiger partial charge >= 0.3 is 0 Å². The Balaban J connectivity index is 2.07. The molecule has 21 heavy (non-hydrogen) atoms. The zero-order valence-electron chi connectivity index (χ0n) is 11.9. The minimum atomic E-state index is -0.0798. The van der Waals surface area contributed by atoms with Gasteiger partial charge in [0.25, 0.3) is 5.91 Å². The Bertz CT molecular complexity index is 713. The SMILES string of the molecule is COc1ccc(OC)c(N2Cc3c(N)cccc3C2=O)c1. The van der Waals surface area contributed by atoms with E-state index in [0.29, 0.717) is 35.0 Å². The van der Waals surface area contributed by atoms with Gasteiger partial charge < -0.3 is 20.1 Å². The van der Waals surface area contributed by atoms with Crippen molar-refractivity contribution in [3.8, 4) is 11.5 Å². The largest absolute Gasteiger partial charge is 0.497 e. The molecule has 2 N–H and O–H groups in total. The van der Waals surface area contributed by atoms with Crippen molar-refractivity contribution < 1.29 is 14.3 Å². The quantitative estimate of drug-likeness (QED) is 0.879. The van der Waals surface area contributed by atoms with Crippen molar-refractivity contribution in [2.75, 3.05) is 24.9 Å². The van der Waals surface area contributed by atoms with Crippen molar-refractivity contribution in [2.45, 2.75) is 6.54 Å². The Hall–Kier alpha value is -2.69. The molecule has 5 nitrogen and oxygen atoms in total. The first kappa shape index (κ1) is 13.3. The van der Waals surface area contributed by atoms with E-state index in [0.717, 1.165) is 5.56 Å². The van der Waals surface area contributed by atoms with Crippen LogP contribution in [0.3, 0.4) is 0 Å². The van der Waals surface area contributed by atoms with Gasteiger partial charge in [0.2, 0.25) is 0 Å². The van der Waals surface area contributed by atoms with Gasteiger partial charge in [-0.05, 0) is 24.3 Å². The minimum Gasteiger partial charge on any atom is -0.497 e. The van der Waals surface area contributed by atoms with Crippen LogP contribution in [0.1, 0.15) is 15.9 Å². The molecule has 0 bridgehead atoms. The normalized spacial score (nSPS) is 13.2. The summed E-state index contributed by atoms with van der Waals surface area (Å²) in [4.78, 5) is 14.2. The molecular formula is C16H16N2O3. The van der Waals surface area contributed by atoms with E-state index in [4.69, 9.17) is 15.2 Å². The zero-order chi connectivity index (χ0) is 15.0. The van der Waals surface area contributed by atoms with Gasteiger partial charge in [-0.2, -0.15) is 0 Å². The first-order valence-corrected chi connectivity index (χ1v) is 6.57. The van der Waals surface area contributed by atoms with Crippen LogP contribution < -0.4 is 20.1 Å². The number of carbonyl (C=O) groups excluding carboxylic acids is 1. The summed E-state index contributed by atoms with van der Waals surface area (Å²) in [5, 5.41) is 0. The van der Waals surface area contributed by atoms with Gasteiger partial charge in [-0.25, -0.2) is 0 Å². The monoisotopic (exact) mass is 284 g/mol. The molecule has 1 aliphatic heterocycles. The Kier molecular flexibility index (Phi) is 3.17. The third-order valence-electron chi connectivity index (χ3n) is 3.68. The number of hydrogen-bond acceptors (Lipinski definition) is 4. The number of nitrogens with zero attached hydrogens (tertiary/aromatic N) is 1. The van der Waals surface area contributed by atoms with Crippen LogP contribution in [0, 0.1) is 0 Å². The molecule has 5 heteroatoms. The van der Waals surface area contributed by atoms with Crippen molar-refractivity contribution in [1.29, 1.82) is 0 Å². The molecule has 0 unspecified atom stereocenters. The summed E-state index contributed by atoms with van der Waals surface area (Å²) in [5.41, 5.74) is 8.77. The summed E-state index contributed by atoms with van der Waals surface area (Å²) in [6.45, 7) is 0.435. The molecule has 0 fully saturated rings. The van der Waals surface area contributed by atoms with Gasteiger partial charge in [0.05, 0.1) is 26.5 Å². The molecule has 0 aliphatic carbocycles. The molecule has 0 radical (unpaired) electrons. The van der Waals surface area contributed by atoms with Gasteiger partial charge in [-0.3, -0.25) is 4.79 Å².